The van der Waals surface area contributed by atoms with Gasteiger partial charge in [-0.3, -0.25) is 9.59 Å². The maximum absolute atomic E-state index is 12.6. The second-order valence-corrected chi connectivity index (χ2v) is 6.01. The van der Waals surface area contributed by atoms with E-state index in [0.717, 1.165) is 25.7 Å². The molecule has 0 aliphatic heterocycles. The maximum atomic E-state index is 12.6. The molecule has 110 valence electrons. The summed E-state index contributed by atoms with van der Waals surface area (Å²) in [6.07, 6.45) is 12.8. The van der Waals surface area contributed by atoms with Crippen LogP contribution in [-0.2, 0) is 9.59 Å². The first-order chi connectivity index (χ1) is 9.63. The van der Waals surface area contributed by atoms with Crippen LogP contribution < -0.4 is 0 Å². The summed E-state index contributed by atoms with van der Waals surface area (Å²) in [5, 5.41) is 9.05. The highest BCUT2D eigenvalue weighted by Gasteiger charge is 2.37. The average Bonchev–Trinajstić information content (AvgIpc) is 2.95. The Hall–Kier alpha value is -1.50. The topological polar surface area (TPSA) is 57.6 Å². The zero-order valence-electron chi connectivity index (χ0n) is 11.9. The summed E-state index contributed by atoms with van der Waals surface area (Å²) in [4.78, 5) is 25.5. The van der Waals surface area contributed by atoms with E-state index in [1.807, 2.05) is 4.90 Å². The van der Waals surface area contributed by atoms with Gasteiger partial charge in [0.1, 0.15) is 0 Å². The van der Waals surface area contributed by atoms with Crippen LogP contribution in [0.2, 0.25) is 0 Å². The number of hydrogen-bond acceptors (Lipinski definition) is 2. The van der Waals surface area contributed by atoms with Gasteiger partial charge in [0.15, 0.2) is 0 Å². The highest BCUT2D eigenvalue weighted by Crippen LogP contribution is 2.34. The van der Waals surface area contributed by atoms with Gasteiger partial charge in [0.2, 0.25) is 5.91 Å². The highest BCUT2D eigenvalue weighted by atomic mass is 16.4. The van der Waals surface area contributed by atoms with Crippen molar-refractivity contribution in [3.05, 3.63) is 0 Å². The van der Waals surface area contributed by atoms with E-state index in [-0.39, 0.29) is 23.8 Å². The van der Waals surface area contributed by atoms with E-state index in [1.165, 1.54) is 6.42 Å². The van der Waals surface area contributed by atoms with Crippen molar-refractivity contribution >= 4 is 11.9 Å². The fourth-order valence-electron chi connectivity index (χ4n) is 3.54. The second-order valence-electron chi connectivity index (χ2n) is 6.01. The molecule has 4 heteroatoms. The minimum atomic E-state index is -0.776. The second kappa shape index (κ2) is 6.78. The van der Waals surface area contributed by atoms with Crippen molar-refractivity contribution < 1.29 is 14.7 Å². The Morgan fingerprint density at radius 3 is 2.30 bits per heavy atom. The summed E-state index contributed by atoms with van der Waals surface area (Å²) in [7, 11) is 0. The van der Waals surface area contributed by atoms with Crippen molar-refractivity contribution in [3.63, 3.8) is 0 Å². The number of carbonyl (C=O) groups excluding carboxylic acids is 1. The van der Waals surface area contributed by atoms with Gasteiger partial charge in [0.25, 0.3) is 0 Å². The Kier molecular flexibility index (Phi) is 5.05. The van der Waals surface area contributed by atoms with E-state index in [4.69, 9.17) is 11.5 Å². The summed E-state index contributed by atoms with van der Waals surface area (Å²) < 4.78 is 0. The molecule has 0 aromatic carbocycles. The third kappa shape index (κ3) is 3.33. The number of rotatable bonds is 4. The van der Waals surface area contributed by atoms with E-state index in [1.54, 1.807) is 0 Å². The van der Waals surface area contributed by atoms with Crippen molar-refractivity contribution in [2.75, 3.05) is 6.54 Å². The monoisotopic (exact) mass is 277 g/mol. The lowest BCUT2D eigenvalue weighted by Gasteiger charge is -2.34. The van der Waals surface area contributed by atoms with E-state index < -0.39 is 5.97 Å². The number of amides is 1. The normalized spacial score (nSPS) is 26.9. The molecule has 0 aromatic heterocycles. The van der Waals surface area contributed by atoms with E-state index in [9.17, 15) is 9.59 Å². The summed E-state index contributed by atoms with van der Waals surface area (Å²) >= 11 is 0. The highest BCUT2D eigenvalue weighted by molar-refractivity contribution is 5.81. The molecule has 2 aliphatic carbocycles. The summed E-state index contributed by atoms with van der Waals surface area (Å²) in [6.45, 7) is 0.359. The van der Waals surface area contributed by atoms with E-state index >= 15 is 0 Å². The van der Waals surface area contributed by atoms with Gasteiger partial charge in [0.05, 0.1) is 12.5 Å². The number of carboxylic acid groups (broad SMARTS) is 1. The van der Waals surface area contributed by atoms with Gasteiger partial charge in [-0.1, -0.05) is 25.2 Å². The molecule has 2 aliphatic rings. The van der Waals surface area contributed by atoms with E-state index in [2.05, 4.69) is 5.92 Å². The van der Waals surface area contributed by atoms with Crippen molar-refractivity contribution in [1.29, 1.82) is 0 Å². The largest absolute Gasteiger partial charge is 0.481 e. The first-order valence-electron chi connectivity index (χ1n) is 7.60. The van der Waals surface area contributed by atoms with Crippen molar-refractivity contribution in [2.45, 2.75) is 57.4 Å². The van der Waals surface area contributed by atoms with Gasteiger partial charge in [-0.2, -0.15) is 0 Å². The standard InChI is InChI=1S/C16H23NO3/c1-2-10-17(14-6-4-3-5-7-14)15(18)12-8-9-13(11-12)16(19)20/h1,12-14H,3-11H2,(H,19,20)/t12-,13+/m0/s1. The van der Waals surface area contributed by atoms with Crippen LogP contribution >= 0.6 is 0 Å². The molecule has 2 rings (SSSR count). The predicted molar refractivity (Wildman–Crippen MR) is 75.9 cm³/mol. The minimum absolute atomic E-state index is 0.0820. The molecule has 0 spiro atoms. The molecular weight excluding hydrogens is 254 g/mol. The molecule has 20 heavy (non-hydrogen) atoms. The Morgan fingerprint density at radius 1 is 1.10 bits per heavy atom. The van der Waals surface area contributed by atoms with Gasteiger partial charge in [-0.25, -0.2) is 0 Å². The number of nitrogens with zero attached hydrogens (tertiary/aromatic N) is 1. The predicted octanol–water partition coefficient (Wildman–Crippen LogP) is 2.28. The molecule has 0 unspecified atom stereocenters. The van der Waals surface area contributed by atoms with Crippen LogP contribution in [0.1, 0.15) is 51.4 Å². The fourth-order valence-corrected chi connectivity index (χ4v) is 3.54. The molecule has 0 aromatic rings. The van der Waals surface area contributed by atoms with Crippen LogP contribution in [0.3, 0.4) is 0 Å². The lowest BCUT2D eigenvalue weighted by atomic mass is 9.92. The number of hydrogen-bond donors (Lipinski definition) is 1. The SMILES string of the molecule is C#CCN(C(=O)[C@H]1CC[C@@H](C(=O)O)C1)C1CCCCC1. The van der Waals surface area contributed by atoms with Crippen molar-refractivity contribution in [2.24, 2.45) is 11.8 Å². The van der Waals surface area contributed by atoms with Gasteiger partial charge in [0, 0.05) is 12.0 Å². The number of terminal acetylenes is 1. The first kappa shape index (κ1) is 14.9. The van der Waals surface area contributed by atoms with Gasteiger partial charge >= 0.3 is 5.97 Å². The smallest absolute Gasteiger partial charge is 0.306 e. The summed E-state index contributed by atoms with van der Waals surface area (Å²) in [5.41, 5.74) is 0. The molecule has 2 fully saturated rings. The average molecular weight is 277 g/mol. The number of aliphatic carboxylic acids is 1. The molecular formula is C16H23NO3. The lowest BCUT2D eigenvalue weighted by molar-refractivity contribution is -0.142. The van der Waals surface area contributed by atoms with Crippen LogP contribution in [0.25, 0.3) is 0 Å². The van der Waals surface area contributed by atoms with Crippen LogP contribution in [0.4, 0.5) is 0 Å². The molecule has 1 amide bonds. The molecule has 2 saturated carbocycles. The van der Waals surface area contributed by atoms with Crippen molar-refractivity contribution in [1.82, 2.24) is 4.90 Å². The van der Waals surface area contributed by atoms with Crippen LogP contribution in [-0.4, -0.2) is 34.5 Å². The van der Waals surface area contributed by atoms with Crippen molar-refractivity contribution in [3.8, 4) is 12.3 Å². The third-order valence-electron chi connectivity index (χ3n) is 4.69. The molecule has 0 saturated heterocycles. The van der Waals surface area contributed by atoms with Gasteiger partial charge in [-0.15, -0.1) is 6.42 Å². The fraction of sp³-hybridized carbons (Fsp3) is 0.750. The molecule has 0 bridgehead atoms. The zero-order valence-corrected chi connectivity index (χ0v) is 11.9. The number of carboxylic acids is 1. The molecule has 4 nitrogen and oxygen atoms in total. The molecule has 0 heterocycles. The minimum Gasteiger partial charge on any atom is -0.481 e. The Morgan fingerprint density at radius 2 is 1.75 bits per heavy atom. The maximum Gasteiger partial charge on any atom is 0.306 e. The lowest BCUT2D eigenvalue weighted by Crippen LogP contribution is -2.44. The Bertz CT molecular complexity index is 406. The molecule has 2 atom stereocenters. The zero-order chi connectivity index (χ0) is 14.5. The Labute approximate surface area is 120 Å². The van der Waals surface area contributed by atoms with E-state index in [0.29, 0.717) is 25.8 Å². The first-order valence-corrected chi connectivity index (χ1v) is 7.60. The van der Waals surface area contributed by atoms with Gasteiger partial charge < -0.3 is 10.0 Å². The molecule has 1 N–H and O–H groups in total. The number of carbonyl (C=O) groups is 2. The van der Waals surface area contributed by atoms with Crippen LogP contribution in [0, 0.1) is 24.2 Å². The Balaban J connectivity index is 2.00. The van der Waals surface area contributed by atoms with Crippen LogP contribution in [0.15, 0.2) is 0 Å². The van der Waals surface area contributed by atoms with Gasteiger partial charge in [-0.05, 0) is 32.1 Å². The molecule has 0 radical (unpaired) electrons. The van der Waals surface area contributed by atoms with Crippen LogP contribution in [0.5, 0.6) is 0 Å². The summed E-state index contributed by atoms with van der Waals surface area (Å²) in [5.74, 6) is 1.39. The summed E-state index contributed by atoms with van der Waals surface area (Å²) in [6, 6.07) is 0.260. The quantitative estimate of drug-likeness (QED) is 0.802. The third-order valence-corrected chi connectivity index (χ3v) is 4.69.